The molecule has 0 bridgehead atoms. The van der Waals surface area contributed by atoms with Crippen molar-refractivity contribution in [1.82, 2.24) is 15.0 Å². The topological polar surface area (TPSA) is 55.1 Å². The lowest BCUT2D eigenvalue weighted by atomic mass is 10.0. The zero-order valence-corrected chi connectivity index (χ0v) is 29.2. The maximum atomic E-state index is 6.77. The highest BCUT2D eigenvalue weighted by molar-refractivity contribution is 6.10. The van der Waals surface area contributed by atoms with Gasteiger partial charge in [-0.05, 0) is 53.4 Å². The lowest BCUT2D eigenvalue weighted by molar-refractivity contribution is 0.670. The van der Waals surface area contributed by atoms with Gasteiger partial charge >= 0.3 is 0 Å². The minimum absolute atomic E-state index is 0.590. The van der Waals surface area contributed by atoms with Crippen LogP contribution in [0.5, 0.6) is 0 Å². The first kappa shape index (κ1) is 31.4. The van der Waals surface area contributed by atoms with Gasteiger partial charge in [-0.2, -0.15) is 0 Å². The molecule has 254 valence electrons. The number of fused-ring (bicyclic) bond motifs is 4. The molecule has 5 nitrogen and oxygen atoms in total. The van der Waals surface area contributed by atoms with E-state index in [0.29, 0.717) is 17.5 Å². The molecule has 0 N–H and O–H groups in total. The van der Waals surface area contributed by atoms with Crippen molar-refractivity contribution in [3.05, 3.63) is 194 Å². The van der Waals surface area contributed by atoms with Gasteiger partial charge in [-0.1, -0.05) is 152 Å². The molecule has 0 unspecified atom stereocenters. The summed E-state index contributed by atoms with van der Waals surface area (Å²) in [6.45, 7) is 0. The zero-order chi connectivity index (χ0) is 35.8. The largest absolute Gasteiger partial charge is 0.455 e. The van der Waals surface area contributed by atoms with Gasteiger partial charge in [-0.3, -0.25) is 0 Å². The second-order valence-electron chi connectivity index (χ2n) is 13.3. The highest BCUT2D eigenvalue weighted by Crippen LogP contribution is 2.42. The molecule has 0 aliphatic carbocycles. The molecule has 0 aliphatic rings. The Labute approximate surface area is 312 Å². The number of aromatic nitrogens is 3. The number of hydrogen-bond donors (Lipinski definition) is 0. The van der Waals surface area contributed by atoms with E-state index < -0.39 is 0 Å². The van der Waals surface area contributed by atoms with Gasteiger partial charge in [-0.25, -0.2) is 15.0 Å². The van der Waals surface area contributed by atoms with E-state index >= 15 is 0 Å². The number of furan rings is 1. The van der Waals surface area contributed by atoms with Crippen molar-refractivity contribution in [1.29, 1.82) is 0 Å². The molecule has 54 heavy (non-hydrogen) atoms. The van der Waals surface area contributed by atoms with E-state index in [1.54, 1.807) is 0 Å². The van der Waals surface area contributed by atoms with Gasteiger partial charge in [0, 0.05) is 49.8 Å². The number of anilines is 3. The summed E-state index contributed by atoms with van der Waals surface area (Å²) < 4.78 is 6.77. The molecule has 0 fully saturated rings. The Balaban J connectivity index is 1.09. The fraction of sp³-hybridized carbons (Fsp3) is 0. The van der Waals surface area contributed by atoms with Crippen LogP contribution in [0.15, 0.2) is 199 Å². The van der Waals surface area contributed by atoms with E-state index in [1.807, 2.05) is 66.7 Å². The van der Waals surface area contributed by atoms with E-state index in [-0.39, 0.29) is 0 Å². The number of para-hydroxylation sites is 2. The standard InChI is InChI=1S/C49H32N4O/c1-4-16-34(17-5-1)47-50-48(35-18-6-2-7-19-35)52-49(51-47)37-29-30-42-43-27-14-26-41(46(43)54-45(42)32-37)36-21-12-24-39(31-36)53(38-22-8-3-9-23-38)44-28-13-20-33-15-10-11-25-40(33)44/h1-32H. The lowest BCUT2D eigenvalue weighted by Gasteiger charge is -2.27. The predicted octanol–water partition coefficient (Wildman–Crippen LogP) is 13.1. The Bertz CT molecular complexity index is 2880. The Morgan fingerprint density at radius 3 is 1.67 bits per heavy atom. The minimum atomic E-state index is 0.590. The van der Waals surface area contributed by atoms with E-state index in [9.17, 15) is 0 Å². The van der Waals surface area contributed by atoms with Crippen LogP contribution in [0.1, 0.15) is 0 Å². The van der Waals surface area contributed by atoms with Crippen LogP contribution in [0.4, 0.5) is 17.1 Å². The molecular formula is C49H32N4O. The first-order chi connectivity index (χ1) is 26.8. The molecule has 0 saturated carbocycles. The summed E-state index contributed by atoms with van der Waals surface area (Å²) in [6.07, 6.45) is 0. The van der Waals surface area contributed by atoms with Gasteiger partial charge in [-0.15, -0.1) is 0 Å². The summed E-state index contributed by atoms with van der Waals surface area (Å²) in [4.78, 5) is 17.1. The van der Waals surface area contributed by atoms with E-state index in [1.165, 1.54) is 10.8 Å². The second kappa shape index (κ2) is 13.3. The first-order valence-electron chi connectivity index (χ1n) is 18.0. The van der Waals surface area contributed by atoms with Crippen LogP contribution in [0.2, 0.25) is 0 Å². The summed E-state index contributed by atoms with van der Waals surface area (Å²) in [5, 5.41) is 4.48. The molecule has 5 heteroatoms. The van der Waals surface area contributed by atoms with Gasteiger partial charge in [0.2, 0.25) is 0 Å². The minimum Gasteiger partial charge on any atom is -0.455 e. The van der Waals surface area contributed by atoms with Gasteiger partial charge < -0.3 is 9.32 Å². The third-order valence-corrected chi connectivity index (χ3v) is 9.89. The van der Waals surface area contributed by atoms with Crippen molar-refractivity contribution in [3.8, 4) is 45.3 Å². The lowest BCUT2D eigenvalue weighted by Crippen LogP contribution is -2.10. The van der Waals surface area contributed by atoms with Gasteiger partial charge in [0.25, 0.3) is 0 Å². The highest BCUT2D eigenvalue weighted by Gasteiger charge is 2.19. The van der Waals surface area contributed by atoms with Crippen LogP contribution in [0.3, 0.4) is 0 Å². The summed E-state index contributed by atoms with van der Waals surface area (Å²) in [5.41, 5.74) is 9.69. The average molecular weight is 693 g/mol. The predicted molar refractivity (Wildman–Crippen MR) is 221 cm³/mol. The summed E-state index contributed by atoms with van der Waals surface area (Å²) in [6, 6.07) is 67.0. The molecule has 10 aromatic rings. The van der Waals surface area contributed by atoms with Crippen molar-refractivity contribution >= 4 is 49.8 Å². The molecule has 10 rings (SSSR count). The Morgan fingerprint density at radius 2 is 0.926 bits per heavy atom. The normalized spacial score (nSPS) is 11.3. The number of rotatable bonds is 7. The maximum Gasteiger partial charge on any atom is 0.164 e. The van der Waals surface area contributed by atoms with E-state index in [4.69, 9.17) is 19.4 Å². The number of nitrogens with zero attached hydrogens (tertiary/aromatic N) is 4. The van der Waals surface area contributed by atoms with Gasteiger partial charge in [0.05, 0.1) is 5.69 Å². The molecule has 2 heterocycles. The molecule has 0 spiro atoms. The van der Waals surface area contributed by atoms with Gasteiger partial charge in [0.1, 0.15) is 11.2 Å². The molecule has 0 radical (unpaired) electrons. The van der Waals surface area contributed by atoms with E-state index in [2.05, 4.69) is 132 Å². The zero-order valence-electron chi connectivity index (χ0n) is 29.2. The fourth-order valence-electron chi connectivity index (χ4n) is 7.32. The first-order valence-corrected chi connectivity index (χ1v) is 18.0. The van der Waals surface area contributed by atoms with E-state index in [0.717, 1.165) is 66.8 Å². The summed E-state index contributed by atoms with van der Waals surface area (Å²) >= 11 is 0. The SMILES string of the molecule is c1ccc(-c2nc(-c3ccccc3)nc(-c3ccc4c(c3)oc3c(-c5cccc(N(c6ccccc6)c6cccc7ccccc67)c5)cccc34)n2)cc1. The van der Waals surface area contributed by atoms with Crippen molar-refractivity contribution in [2.75, 3.05) is 4.90 Å². The smallest absolute Gasteiger partial charge is 0.164 e. The van der Waals surface area contributed by atoms with Crippen LogP contribution in [-0.4, -0.2) is 15.0 Å². The van der Waals surface area contributed by atoms with Crippen LogP contribution >= 0.6 is 0 Å². The fourth-order valence-corrected chi connectivity index (χ4v) is 7.32. The van der Waals surface area contributed by atoms with Crippen molar-refractivity contribution in [3.63, 3.8) is 0 Å². The third kappa shape index (κ3) is 5.65. The Hall–Kier alpha value is -7.37. The molecular weight excluding hydrogens is 661 g/mol. The van der Waals surface area contributed by atoms with Crippen molar-refractivity contribution < 1.29 is 4.42 Å². The molecule has 0 aliphatic heterocycles. The Morgan fingerprint density at radius 1 is 0.370 bits per heavy atom. The molecule has 0 atom stereocenters. The molecule has 0 amide bonds. The van der Waals surface area contributed by atoms with Crippen LogP contribution < -0.4 is 4.90 Å². The monoisotopic (exact) mass is 692 g/mol. The van der Waals surface area contributed by atoms with Crippen LogP contribution in [-0.2, 0) is 0 Å². The quantitative estimate of drug-likeness (QED) is 0.166. The highest BCUT2D eigenvalue weighted by atomic mass is 16.3. The second-order valence-corrected chi connectivity index (χ2v) is 13.3. The number of benzene rings is 8. The van der Waals surface area contributed by atoms with Gasteiger partial charge in [0.15, 0.2) is 17.5 Å². The average Bonchev–Trinajstić information content (AvgIpc) is 3.63. The summed E-state index contributed by atoms with van der Waals surface area (Å²) in [5.74, 6) is 1.84. The molecule has 0 saturated heterocycles. The summed E-state index contributed by atoms with van der Waals surface area (Å²) in [7, 11) is 0. The van der Waals surface area contributed by atoms with Crippen LogP contribution in [0, 0.1) is 0 Å². The van der Waals surface area contributed by atoms with Crippen molar-refractivity contribution in [2.24, 2.45) is 0 Å². The number of hydrogen-bond acceptors (Lipinski definition) is 5. The van der Waals surface area contributed by atoms with Crippen molar-refractivity contribution in [2.45, 2.75) is 0 Å². The maximum absolute atomic E-state index is 6.77. The molecule has 8 aromatic carbocycles. The van der Waals surface area contributed by atoms with Crippen LogP contribution in [0.25, 0.3) is 78.0 Å². The Kier molecular flexibility index (Phi) is 7.73. The molecule has 2 aromatic heterocycles. The third-order valence-electron chi connectivity index (χ3n) is 9.89.